The van der Waals surface area contributed by atoms with Gasteiger partial charge in [-0.25, -0.2) is 0 Å². The summed E-state index contributed by atoms with van der Waals surface area (Å²) < 4.78 is 578. The van der Waals surface area contributed by atoms with Gasteiger partial charge in [0.05, 0.1) is 106 Å². The topological polar surface area (TPSA) is 196 Å². The van der Waals surface area contributed by atoms with E-state index in [1.54, 1.807) is 14.1 Å². The molecule has 0 amide bonds. The van der Waals surface area contributed by atoms with Crippen molar-refractivity contribution in [2.45, 2.75) is 261 Å². The molecule has 6 saturated carbocycles. The average Bonchev–Trinajstić information content (AvgIpc) is 0.648. The van der Waals surface area contributed by atoms with Crippen LogP contribution >= 0.6 is 0 Å². The molecule has 6 atom stereocenters. The number of rotatable bonds is 30. The fourth-order valence-corrected chi connectivity index (χ4v) is 14.7. The summed E-state index contributed by atoms with van der Waals surface area (Å²) in [6.07, 6.45) is -29.6. The molecule has 0 spiro atoms. The van der Waals surface area contributed by atoms with Gasteiger partial charge in [-0.2, -0.15) is 0 Å². The molecule has 0 radical (unpaired) electrons. The highest BCUT2D eigenvalue weighted by Gasteiger charge is 2.45. The second-order valence-corrected chi connectivity index (χ2v) is 30.1. The smallest absolute Gasteiger partial charge is 0.118 e. The molecule has 6 aromatic carbocycles. The van der Waals surface area contributed by atoms with Crippen molar-refractivity contribution in [3.05, 3.63) is 179 Å². The minimum Gasteiger partial charge on any atom is -0.497 e. The third kappa shape index (κ3) is 31.1. The summed E-state index contributed by atoms with van der Waals surface area (Å²) >= 11 is 0. The molecule has 0 saturated heterocycles. The molecular weight excluding hydrogens is 1500 g/mol. The van der Waals surface area contributed by atoms with E-state index in [1.165, 1.54) is 40.4 Å². The minimum atomic E-state index is -4.80. The van der Waals surface area contributed by atoms with Crippen LogP contribution in [0.5, 0.6) is 34.5 Å². The van der Waals surface area contributed by atoms with E-state index in [2.05, 4.69) is 9.47 Å². The van der Waals surface area contributed by atoms with Gasteiger partial charge in [0.15, 0.2) is 0 Å². The second kappa shape index (κ2) is 50.0. The van der Waals surface area contributed by atoms with Crippen LogP contribution in [0.4, 0.5) is 0 Å². The van der Waals surface area contributed by atoms with Gasteiger partial charge < -0.3 is 88.5 Å². The number of benzene rings is 6. The summed E-state index contributed by atoms with van der Waals surface area (Å²) in [4.78, 5) is 3.56. The molecule has 0 aliphatic heterocycles. The Morgan fingerprint density at radius 3 is 0.833 bits per heavy atom. The molecule has 6 aliphatic rings. The second-order valence-electron chi connectivity index (χ2n) is 30.1. The third-order valence-corrected chi connectivity index (χ3v) is 20.7. The van der Waals surface area contributed by atoms with Crippen molar-refractivity contribution in [3.8, 4) is 34.5 Å². The lowest BCUT2D eigenvalue weighted by Gasteiger charge is -2.40. The van der Waals surface area contributed by atoms with Crippen molar-refractivity contribution in [3.63, 3.8) is 0 Å². The normalized spacial score (nSPS) is 34.0. The van der Waals surface area contributed by atoms with Gasteiger partial charge >= 0.3 is 0 Å². The monoisotopic (exact) mass is 1730 g/mol. The Morgan fingerprint density at radius 2 is 0.567 bits per heavy atom. The molecule has 6 unspecified atom stereocenters. The summed E-state index contributed by atoms with van der Waals surface area (Å²) in [5.74, 6) is -13.8. The molecular formula is C102H162N6O12. The van der Waals surface area contributed by atoms with Crippen LogP contribution in [0.3, 0.4) is 0 Å². The van der Waals surface area contributed by atoms with Crippen LogP contribution in [0.1, 0.15) is 354 Å². The van der Waals surface area contributed by atoms with Crippen LogP contribution in [0, 0.1) is 0 Å². The Kier molecular flexibility index (Phi) is 17.0. The Morgan fingerprint density at radius 1 is 0.300 bits per heavy atom. The molecule has 6 fully saturated rings. The first-order valence-corrected chi connectivity index (χ1v) is 39.0. The van der Waals surface area contributed by atoms with Gasteiger partial charge in [0, 0.05) is 138 Å². The lowest BCUT2D eigenvalue weighted by Crippen LogP contribution is -2.42. The lowest BCUT2D eigenvalue weighted by molar-refractivity contribution is -0.0280. The average molecular weight is 1730 g/mol. The largest absolute Gasteiger partial charge is 0.497 e. The van der Waals surface area contributed by atoms with Crippen molar-refractivity contribution in [2.75, 3.05) is 166 Å². The minimum absolute atomic E-state index is 0.0475. The number of likely N-dealkylation sites (N-methyl/N-ethyl adjacent to an activating group) is 6. The number of hydrogen-bond acceptors (Lipinski definition) is 18. The lowest BCUT2D eigenvalue weighted by atomic mass is 9.72. The van der Waals surface area contributed by atoms with Crippen LogP contribution in [0.15, 0.2) is 145 Å². The maximum absolute atomic E-state index is 12.0. The predicted octanol–water partition coefficient (Wildman–Crippen LogP) is 18.2. The third-order valence-electron chi connectivity index (χ3n) is 20.7. The number of hydrogen-bond donors (Lipinski definition) is 6. The molecule has 120 heavy (non-hydrogen) atoms. The fraction of sp³-hybridized carbons (Fsp3) is 0.647. The number of methoxy groups -OCH3 is 6. The maximum atomic E-state index is 12.0. The number of aliphatic hydroxyl groups is 6. The van der Waals surface area contributed by atoms with E-state index in [1.807, 2.05) is 19.0 Å². The quantitative estimate of drug-likeness (QED) is 0.0249. The summed E-state index contributed by atoms with van der Waals surface area (Å²) in [6, 6.07) is 0.179. The van der Waals surface area contributed by atoms with Gasteiger partial charge in [-0.05, 0) is 267 Å². The van der Waals surface area contributed by atoms with Gasteiger partial charge in [0.25, 0.3) is 0 Å². The van der Waals surface area contributed by atoms with Crippen LogP contribution < -0.4 is 28.4 Å². The molecule has 0 heterocycles. The number of ether oxygens (including phenoxy) is 6. The standard InChI is InChI=1S/6C17H27NO2/c6*1-18(2)13-16(17(19)11-5-4-6-12-17)14-7-9-15(20-3)10-8-14/h6*7-10,16,19H,4-6,11-13H2,1-3H3/i1D3,2D3,3D3,4D2,5D2,6D2,11D2,12D2,13D2,16D;1D3,3D3,4D2,5D2,6D2,11D2,12D2,13D2,16D;1D3,2D3,7D,8D,9D,10D;7D,8D,9D,10D,13D2;1D3,7D,8D,9D,10D;7D,8D,9D,10D. The molecule has 12 rings (SSSR count). The SMILES string of the molecule is [2H]C([2H])([2H])Oc1ccc(C([2H])(C([2H])([2H])N(C([2H])([2H])[2H])C([2H])([2H])[2H])C2(O)C([2H])([2H])C([2H])([2H])C([2H])([2H])C([2H])([2H])C2([2H])[2H])cc1.[2H]C([2H])([2H])Oc1ccc(C([2H])(C([2H])([2H])N(C)C([2H])([2H])[2H])C2(O)C([2H])([2H])C([2H])([2H])C([2H])([2H])C([2H])([2H])C2([2H])[2H])cc1.[2H]c1c([2H])c(C(C2(O)CCCCC2)C([2H])([2H])N(C)C)c([2H])c([2H])c1OC.[2H]c1c([2H])c(C(CN(C([2H])([2H])[2H])C([2H])([2H])[2H])C2(O)CCCCC2)c([2H])c([2H])c1OC.[2H]c1c([2H])c(C(CN(C)C([2H])([2H])[2H])C2(O)CCCCC2)c([2H])c([2H])c1OC.[2H]c1c([2H])c(C(CN(C)C)C2(O)CCCCC2)c([2H])c([2H])c1OC. The maximum Gasteiger partial charge on any atom is 0.118 e. The van der Waals surface area contributed by atoms with Crippen molar-refractivity contribution < 1.29 is 152 Å². The zero-order valence-electron chi connectivity index (χ0n) is 138. The Bertz CT molecular complexity index is 6880. The zero-order valence-corrected chi connectivity index (χ0v) is 69.5. The molecule has 6 aliphatic carbocycles. The highest BCUT2D eigenvalue weighted by Crippen LogP contribution is 2.47. The van der Waals surface area contributed by atoms with Crippen molar-refractivity contribution in [1.82, 2.24) is 29.4 Å². The first kappa shape index (κ1) is 41.0. The highest BCUT2D eigenvalue weighted by molar-refractivity contribution is 5.37. The highest BCUT2D eigenvalue weighted by atomic mass is 16.5. The van der Waals surface area contributed by atoms with E-state index in [0.29, 0.717) is 112 Å². The van der Waals surface area contributed by atoms with Gasteiger partial charge in [-0.1, -0.05) is 188 Å². The van der Waals surface area contributed by atoms with Crippen molar-refractivity contribution in [1.29, 1.82) is 0 Å². The van der Waals surface area contributed by atoms with Crippen LogP contribution in [0.2, 0.25) is 0 Å². The molecule has 18 heteroatoms. The van der Waals surface area contributed by atoms with Crippen molar-refractivity contribution >= 4 is 0 Å². The molecule has 672 valence electrons. The summed E-state index contributed by atoms with van der Waals surface area (Å²) in [5.41, 5.74) is -16.7. The van der Waals surface area contributed by atoms with Gasteiger partial charge in [-0.15, -0.1) is 0 Å². The first-order valence-electron chi connectivity index (χ1n) is 73.0. The molecule has 18 nitrogen and oxygen atoms in total. The van der Waals surface area contributed by atoms with Gasteiger partial charge in [-0.3, -0.25) is 0 Å². The van der Waals surface area contributed by atoms with E-state index in [9.17, 15) is 33.4 Å². The Labute approximate surface area is 821 Å². The number of nitrogens with zero attached hydrogens (tertiary/aromatic N) is 6. The van der Waals surface area contributed by atoms with E-state index in [-0.39, 0.29) is 136 Å². The molecule has 0 bridgehead atoms. The Balaban J connectivity index is 0.000000304. The first-order chi connectivity index (χ1) is 84.2. The molecule has 0 aromatic heterocycles. The van der Waals surface area contributed by atoms with E-state index >= 15 is 0 Å². The van der Waals surface area contributed by atoms with Gasteiger partial charge in [0.1, 0.15) is 34.5 Å². The molecule has 6 N–H and O–H groups in total. The summed E-state index contributed by atoms with van der Waals surface area (Å²) in [5, 5.41) is 69.3. The van der Waals surface area contributed by atoms with E-state index < -0.39 is 266 Å². The van der Waals surface area contributed by atoms with Crippen LogP contribution in [0.25, 0.3) is 0 Å². The summed E-state index contributed by atoms with van der Waals surface area (Å²) in [6.45, 7) is -30.7. The molecule has 6 aromatic rings. The zero-order chi connectivity index (χ0) is 147. The Hall–Kier alpha value is -6.36. The van der Waals surface area contributed by atoms with Crippen molar-refractivity contribution in [2.24, 2.45) is 0 Å². The summed E-state index contributed by atoms with van der Waals surface area (Å²) in [7, 11) is 7.90. The van der Waals surface area contributed by atoms with E-state index in [4.69, 9.17) is 109 Å². The van der Waals surface area contributed by atoms with Crippen LogP contribution in [-0.4, -0.2) is 259 Å². The van der Waals surface area contributed by atoms with Gasteiger partial charge in [0.2, 0.25) is 0 Å². The van der Waals surface area contributed by atoms with Crippen LogP contribution in [-0.2, 0) is 0 Å². The fourth-order valence-electron chi connectivity index (χ4n) is 14.7. The van der Waals surface area contributed by atoms with E-state index in [0.717, 1.165) is 81.2 Å². The predicted molar refractivity (Wildman–Crippen MR) is 494 cm³/mol.